The Bertz CT molecular complexity index is 1050. The van der Waals surface area contributed by atoms with E-state index in [4.69, 9.17) is 4.42 Å². The van der Waals surface area contributed by atoms with Crippen LogP contribution in [0.1, 0.15) is 54.9 Å². The summed E-state index contributed by atoms with van der Waals surface area (Å²) < 4.78 is 5.53. The summed E-state index contributed by atoms with van der Waals surface area (Å²) in [6.45, 7) is 2.75. The fourth-order valence-corrected chi connectivity index (χ4v) is 4.58. The molecule has 0 saturated heterocycles. The van der Waals surface area contributed by atoms with E-state index >= 15 is 0 Å². The third-order valence-corrected chi connectivity index (χ3v) is 6.24. The summed E-state index contributed by atoms with van der Waals surface area (Å²) in [5.41, 5.74) is 2.34. The van der Waals surface area contributed by atoms with E-state index in [0.29, 0.717) is 30.3 Å². The predicted molar refractivity (Wildman–Crippen MR) is 118 cm³/mol. The van der Waals surface area contributed by atoms with Crippen LogP contribution in [-0.4, -0.2) is 27.7 Å². The lowest BCUT2D eigenvalue weighted by atomic mass is 9.93. The summed E-state index contributed by atoms with van der Waals surface area (Å²) in [6, 6.07) is 14.9. The summed E-state index contributed by atoms with van der Waals surface area (Å²) >= 11 is 0. The van der Waals surface area contributed by atoms with E-state index in [1.165, 1.54) is 12.5 Å². The molecule has 1 aliphatic carbocycles. The van der Waals surface area contributed by atoms with Crippen molar-refractivity contribution in [1.82, 2.24) is 4.90 Å². The molecule has 3 aromatic rings. The minimum atomic E-state index is -0.626. The molecule has 0 aliphatic heterocycles. The molecule has 1 fully saturated rings. The molecule has 1 saturated carbocycles. The van der Waals surface area contributed by atoms with Gasteiger partial charge in [0.25, 0.3) is 0 Å². The molecule has 1 aromatic heterocycles. The van der Waals surface area contributed by atoms with E-state index in [1.54, 1.807) is 12.1 Å². The zero-order valence-corrected chi connectivity index (χ0v) is 17.4. The molecule has 2 aromatic carbocycles. The van der Waals surface area contributed by atoms with Crippen molar-refractivity contribution in [3.63, 3.8) is 0 Å². The van der Waals surface area contributed by atoms with Crippen molar-refractivity contribution in [1.29, 1.82) is 0 Å². The van der Waals surface area contributed by atoms with Crippen LogP contribution < -0.4 is 5.63 Å². The van der Waals surface area contributed by atoms with Gasteiger partial charge in [-0.25, -0.2) is 4.79 Å². The summed E-state index contributed by atoms with van der Waals surface area (Å²) in [7, 11) is 0. The van der Waals surface area contributed by atoms with Gasteiger partial charge < -0.3 is 14.6 Å². The van der Waals surface area contributed by atoms with Gasteiger partial charge in [0, 0.05) is 30.6 Å². The van der Waals surface area contributed by atoms with Gasteiger partial charge in [-0.15, -0.1) is 0 Å². The molecule has 30 heavy (non-hydrogen) atoms. The van der Waals surface area contributed by atoms with Crippen LogP contribution in [0, 0.1) is 6.92 Å². The number of fused-ring (bicyclic) bond motifs is 1. The number of phenolic OH excluding ortho intramolecular Hbond substituents is 1. The van der Waals surface area contributed by atoms with E-state index < -0.39 is 11.7 Å². The first-order valence-electron chi connectivity index (χ1n) is 10.8. The number of rotatable bonds is 6. The topological polar surface area (TPSA) is 73.9 Å². The molecule has 1 unspecified atom stereocenters. The Labute approximate surface area is 176 Å². The Morgan fingerprint density at radius 3 is 2.57 bits per heavy atom. The van der Waals surface area contributed by atoms with Gasteiger partial charge >= 0.3 is 5.63 Å². The largest absolute Gasteiger partial charge is 0.507 e. The monoisotopic (exact) mass is 407 g/mol. The summed E-state index contributed by atoms with van der Waals surface area (Å²) in [5.74, 6) is 0.117. The highest BCUT2D eigenvalue weighted by Crippen LogP contribution is 2.32. The average Bonchev–Trinajstić information content (AvgIpc) is 2.76. The van der Waals surface area contributed by atoms with Crippen LogP contribution in [0.15, 0.2) is 57.7 Å². The average molecular weight is 408 g/mol. The van der Waals surface area contributed by atoms with E-state index in [1.807, 2.05) is 37.3 Å². The number of hydrogen-bond donors (Lipinski definition) is 2. The molecule has 158 valence electrons. The van der Waals surface area contributed by atoms with Gasteiger partial charge in [-0.2, -0.15) is 0 Å². The van der Waals surface area contributed by atoms with Crippen LogP contribution in [0.2, 0.25) is 0 Å². The van der Waals surface area contributed by atoms with Gasteiger partial charge in [0.05, 0.1) is 11.7 Å². The minimum Gasteiger partial charge on any atom is -0.507 e. The molecule has 4 rings (SSSR count). The maximum atomic E-state index is 12.0. The number of aliphatic hydroxyl groups is 1. The number of phenols is 1. The fraction of sp³-hybridized carbons (Fsp3) is 0.400. The maximum Gasteiger partial charge on any atom is 0.336 e. The third kappa shape index (κ3) is 4.42. The smallest absolute Gasteiger partial charge is 0.336 e. The van der Waals surface area contributed by atoms with Crippen LogP contribution in [0.3, 0.4) is 0 Å². The van der Waals surface area contributed by atoms with Crippen LogP contribution in [0.25, 0.3) is 11.0 Å². The molecule has 1 aliphatic rings. The van der Waals surface area contributed by atoms with Gasteiger partial charge in [-0.1, -0.05) is 49.6 Å². The number of aryl methyl sites for hydroxylation is 1. The molecule has 1 heterocycles. The predicted octanol–water partition coefficient (Wildman–Crippen LogP) is 4.68. The van der Waals surface area contributed by atoms with Crippen molar-refractivity contribution in [2.75, 3.05) is 6.54 Å². The molecular formula is C25H29NO4. The fourth-order valence-electron chi connectivity index (χ4n) is 4.58. The molecule has 0 spiro atoms. The quantitative estimate of drug-likeness (QED) is 0.581. The molecular weight excluding hydrogens is 378 g/mol. The minimum absolute atomic E-state index is 0.117. The van der Waals surface area contributed by atoms with Crippen LogP contribution in [0.5, 0.6) is 5.75 Å². The van der Waals surface area contributed by atoms with E-state index in [2.05, 4.69) is 4.90 Å². The number of aromatic hydroxyl groups is 1. The second-order valence-corrected chi connectivity index (χ2v) is 8.34. The Morgan fingerprint density at radius 2 is 1.83 bits per heavy atom. The van der Waals surface area contributed by atoms with Gasteiger partial charge in [0.2, 0.25) is 0 Å². The molecule has 0 amide bonds. The van der Waals surface area contributed by atoms with Crippen molar-refractivity contribution in [3.05, 3.63) is 75.6 Å². The zero-order valence-electron chi connectivity index (χ0n) is 17.4. The Balaban J connectivity index is 1.69. The number of benzene rings is 2. The molecule has 1 atom stereocenters. The normalized spacial score (nSPS) is 16.2. The zero-order chi connectivity index (χ0) is 21.1. The van der Waals surface area contributed by atoms with E-state index in [0.717, 1.165) is 42.2 Å². The van der Waals surface area contributed by atoms with Crippen LogP contribution in [0.4, 0.5) is 0 Å². The summed E-state index contributed by atoms with van der Waals surface area (Å²) in [6.07, 6.45) is 5.07. The Morgan fingerprint density at radius 1 is 1.10 bits per heavy atom. The van der Waals surface area contributed by atoms with Gasteiger partial charge in [0.1, 0.15) is 11.3 Å². The number of nitrogens with zero attached hydrogens (tertiary/aromatic N) is 1. The third-order valence-electron chi connectivity index (χ3n) is 6.24. The molecule has 0 bridgehead atoms. The van der Waals surface area contributed by atoms with Gasteiger partial charge in [-0.3, -0.25) is 4.90 Å². The highest BCUT2D eigenvalue weighted by atomic mass is 16.4. The summed E-state index contributed by atoms with van der Waals surface area (Å²) in [4.78, 5) is 14.3. The standard InChI is InChI=1S/C25H29NO4/c1-17-14-24(29)30-25-20(17)12-13-22(27)21(25)15-26(19-10-6-3-7-11-19)16-23(28)18-8-4-2-5-9-18/h2,4-5,8-9,12-14,19,23,27-28H,3,6-7,10-11,15-16H2,1H3. The van der Waals surface area contributed by atoms with Gasteiger partial charge in [0.15, 0.2) is 0 Å². The van der Waals surface area contributed by atoms with Crippen molar-refractivity contribution < 1.29 is 14.6 Å². The molecule has 0 radical (unpaired) electrons. The first kappa shape index (κ1) is 20.6. The molecule has 2 N–H and O–H groups in total. The lowest BCUT2D eigenvalue weighted by Crippen LogP contribution is -2.39. The second kappa shape index (κ2) is 9.02. The molecule has 5 heteroatoms. The van der Waals surface area contributed by atoms with Crippen molar-refractivity contribution in [2.24, 2.45) is 0 Å². The lowest BCUT2D eigenvalue weighted by molar-refractivity contribution is 0.0670. The van der Waals surface area contributed by atoms with E-state index in [-0.39, 0.29) is 5.75 Å². The Kier molecular flexibility index (Phi) is 6.21. The maximum absolute atomic E-state index is 12.0. The number of aliphatic hydroxyl groups excluding tert-OH is 1. The van der Waals surface area contributed by atoms with Crippen molar-refractivity contribution >= 4 is 11.0 Å². The highest BCUT2D eigenvalue weighted by Gasteiger charge is 2.26. The SMILES string of the molecule is Cc1cc(=O)oc2c(CN(CC(O)c3ccccc3)C3CCCCC3)c(O)ccc12. The van der Waals surface area contributed by atoms with Crippen molar-refractivity contribution in [2.45, 2.75) is 57.7 Å². The Hall–Kier alpha value is -2.63. The number of hydrogen-bond acceptors (Lipinski definition) is 5. The van der Waals surface area contributed by atoms with Crippen molar-refractivity contribution in [3.8, 4) is 5.75 Å². The molecule has 5 nitrogen and oxygen atoms in total. The highest BCUT2D eigenvalue weighted by molar-refractivity contribution is 5.84. The van der Waals surface area contributed by atoms with Crippen LogP contribution >= 0.6 is 0 Å². The van der Waals surface area contributed by atoms with Crippen LogP contribution in [-0.2, 0) is 6.54 Å². The first-order valence-corrected chi connectivity index (χ1v) is 10.8. The lowest BCUT2D eigenvalue weighted by Gasteiger charge is -2.36. The summed E-state index contributed by atoms with van der Waals surface area (Å²) in [5, 5.41) is 22.4. The van der Waals surface area contributed by atoms with E-state index in [9.17, 15) is 15.0 Å². The van der Waals surface area contributed by atoms with Gasteiger partial charge in [-0.05, 0) is 43.0 Å². The first-order chi connectivity index (χ1) is 14.5. The second-order valence-electron chi connectivity index (χ2n) is 8.34.